The van der Waals surface area contributed by atoms with Crippen LogP contribution in [0.25, 0.3) is 0 Å². The maximum absolute atomic E-state index is 13.3. The van der Waals surface area contributed by atoms with E-state index < -0.39 is 11.5 Å². The van der Waals surface area contributed by atoms with Crippen LogP contribution in [-0.4, -0.2) is 12.6 Å². The van der Waals surface area contributed by atoms with Crippen molar-refractivity contribution < 1.29 is 18.7 Å². The van der Waals surface area contributed by atoms with Crippen LogP contribution in [0.1, 0.15) is 51.0 Å². The average molecular weight is 357 g/mol. The zero-order valence-electron chi connectivity index (χ0n) is 15.5. The highest BCUT2D eigenvalue weighted by Crippen LogP contribution is 2.53. The molecule has 4 nitrogen and oxygen atoms in total. The molecule has 0 saturated heterocycles. The van der Waals surface area contributed by atoms with Crippen molar-refractivity contribution in [2.75, 3.05) is 11.9 Å². The second-order valence-corrected chi connectivity index (χ2v) is 7.12. The Balaban J connectivity index is 2.08. The third-order valence-corrected chi connectivity index (χ3v) is 4.82. The number of carbonyl (C=O) groups is 1. The Bertz CT molecular complexity index is 801. The van der Waals surface area contributed by atoms with Crippen molar-refractivity contribution in [3.63, 3.8) is 0 Å². The van der Waals surface area contributed by atoms with Crippen LogP contribution in [0.4, 0.5) is 10.1 Å². The fourth-order valence-electron chi connectivity index (χ4n) is 3.59. The Morgan fingerprint density at radius 2 is 1.88 bits per heavy atom. The van der Waals surface area contributed by atoms with E-state index in [1.54, 1.807) is 12.1 Å². The quantitative estimate of drug-likeness (QED) is 0.781. The topological polar surface area (TPSA) is 47.6 Å². The zero-order chi connectivity index (χ0) is 18.9. The van der Waals surface area contributed by atoms with Crippen LogP contribution in [-0.2, 0) is 9.53 Å². The average Bonchev–Trinajstić information content (AvgIpc) is 2.58. The molecule has 1 aliphatic heterocycles. The molecular weight excluding hydrogens is 333 g/mol. The number of rotatable bonds is 4. The first kappa shape index (κ1) is 18.2. The molecule has 2 atom stereocenters. The van der Waals surface area contributed by atoms with Gasteiger partial charge < -0.3 is 14.8 Å². The van der Waals surface area contributed by atoms with Crippen LogP contribution in [0.3, 0.4) is 0 Å². The van der Waals surface area contributed by atoms with Crippen molar-refractivity contribution in [1.29, 1.82) is 0 Å². The van der Waals surface area contributed by atoms with Gasteiger partial charge in [0.15, 0.2) is 0 Å². The van der Waals surface area contributed by atoms with Gasteiger partial charge in [0, 0.05) is 23.6 Å². The number of esters is 1. The summed E-state index contributed by atoms with van der Waals surface area (Å²) in [4.78, 5) is 11.8. The van der Waals surface area contributed by atoms with E-state index in [4.69, 9.17) is 9.47 Å². The van der Waals surface area contributed by atoms with E-state index in [9.17, 15) is 9.18 Å². The molecule has 1 aliphatic rings. The summed E-state index contributed by atoms with van der Waals surface area (Å²) >= 11 is 0. The van der Waals surface area contributed by atoms with Crippen molar-refractivity contribution in [3.05, 3.63) is 59.4 Å². The number of fused-ring (bicyclic) bond motifs is 1. The maximum Gasteiger partial charge on any atom is 0.303 e. The number of nitrogens with one attached hydrogen (secondary N) is 1. The normalized spacial score (nSPS) is 20.7. The minimum absolute atomic E-state index is 0.141. The molecule has 0 radical (unpaired) electrons. The Kier molecular flexibility index (Phi) is 4.90. The molecule has 0 saturated carbocycles. The molecule has 0 spiro atoms. The number of halogens is 1. The molecule has 26 heavy (non-hydrogen) atoms. The highest BCUT2D eigenvalue weighted by molar-refractivity contribution is 5.68. The molecule has 0 bridgehead atoms. The van der Waals surface area contributed by atoms with Gasteiger partial charge in [0.05, 0.1) is 12.6 Å². The monoisotopic (exact) mass is 357 g/mol. The fraction of sp³-hybridized carbons (Fsp3) is 0.381. The first-order chi connectivity index (χ1) is 12.3. The van der Waals surface area contributed by atoms with Crippen LogP contribution < -0.4 is 10.1 Å². The summed E-state index contributed by atoms with van der Waals surface area (Å²) in [6, 6.07) is 12.0. The van der Waals surface area contributed by atoms with Crippen molar-refractivity contribution in [3.8, 4) is 5.75 Å². The first-order valence-electron chi connectivity index (χ1n) is 8.79. The Labute approximate surface area is 153 Å². The van der Waals surface area contributed by atoms with Gasteiger partial charge in [-0.3, -0.25) is 4.79 Å². The van der Waals surface area contributed by atoms with E-state index in [1.807, 2.05) is 39.0 Å². The lowest BCUT2D eigenvalue weighted by Gasteiger charge is -2.46. The molecule has 3 rings (SSSR count). The summed E-state index contributed by atoms with van der Waals surface area (Å²) in [5.74, 6) is 0.123. The van der Waals surface area contributed by atoms with Crippen LogP contribution in [0.2, 0.25) is 0 Å². The van der Waals surface area contributed by atoms with Gasteiger partial charge in [-0.25, -0.2) is 4.39 Å². The summed E-state index contributed by atoms with van der Waals surface area (Å²) in [6.45, 7) is 7.98. The largest absolute Gasteiger partial charge is 0.494 e. The minimum Gasteiger partial charge on any atom is -0.494 e. The minimum atomic E-state index is -0.457. The number of ether oxygens (including phenoxy) is 2. The summed E-state index contributed by atoms with van der Waals surface area (Å²) in [5, 5.41) is 3.53. The van der Waals surface area contributed by atoms with E-state index >= 15 is 0 Å². The molecule has 0 fully saturated rings. The van der Waals surface area contributed by atoms with Gasteiger partial charge in [-0.2, -0.15) is 0 Å². The molecule has 2 aromatic rings. The van der Waals surface area contributed by atoms with Gasteiger partial charge in [-0.1, -0.05) is 26.0 Å². The standard InChI is InChI=1S/C21H24FNO3/c1-5-25-16-10-11-18-17(12-16)20(26-13(2)24)21(3,4)19(23-18)14-6-8-15(22)9-7-14/h6-12,19-20,23H,5H2,1-4H3/t19-,20-/m0/s1. The molecule has 2 aromatic carbocycles. The van der Waals surface area contributed by atoms with E-state index in [1.165, 1.54) is 19.1 Å². The summed E-state index contributed by atoms with van der Waals surface area (Å²) in [6.07, 6.45) is -0.452. The van der Waals surface area contributed by atoms with Gasteiger partial charge in [-0.15, -0.1) is 0 Å². The van der Waals surface area contributed by atoms with Crippen molar-refractivity contribution in [2.24, 2.45) is 5.41 Å². The number of hydrogen-bond acceptors (Lipinski definition) is 4. The maximum atomic E-state index is 13.3. The second-order valence-electron chi connectivity index (χ2n) is 7.12. The molecule has 1 N–H and O–H groups in total. The first-order valence-corrected chi connectivity index (χ1v) is 8.79. The van der Waals surface area contributed by atoms with E-state index in [0.29, 0.717) is 6.61 Å². The highest BCUT2D eigenvalue weighted by atomic mass is 19.1. The Hall–Kier alpha value is -2.56. The number of anilines is 1. The Morgan fingerprint density at radius 3 is 2.50 bits per heavy atom. The van der Waals surface area contributed by atoms with Crippen LogP contribution in [0.5, 0.6) is 5.75 Å². The third-order valence-electron chi connectivity index (χ3n) is 4.82. The predicted octanol–water partition coefficient (Wildman–Crippen LogP) is 5.02. The van der Waals surface area contributed by atoms with Gasteiger partial charge in [0.2, 0.25) is 0 Å². The Morgan fingerprint density at radius 1 is 1.19 bits per heavy atom. The van der Waals surface area contributed by atoms with Crippen molar-refractivity contribution >= 4 is 11.7 Å². The molecule has 0 amide bonds. The fourth-order valence-corrected chi connectivity index (χ4v) is 3.59. The summed E-state index contributed by atoms with van der Waals surface area (Å²) < 4.78 is 24.7. The number of carbonyl (C=O) groups excluding carboxylic acids is 1. The molecule has 0 aromatic heterocycles. The van der Waals surface area contributed by atoms with Gasteiger partial charge in [0.1, 0.15) is 17.7 Å². The molecular formula is C21H24FNO3. The van der Waals surface area contributed by atoms with E-state index in [0.717, 1.165) is 22.6 Å². The van der Waals surface area contributed by atoms with Crippen LogP contribution in [0.15, 0.2) is 42.5 Å². The summed E-state index contributed by atoms with van der Waals surface area (Å²) in [7, 11) is 0. The number of hydrogen-bond donors (Lipinski definition) is 1. The predicted molar refractivity (Wildman–Crippen MR) is 98.7 cm³/mol. The molecule has 138 valence electrons. The number of benzene rings is 2. The van der Waals surface area contributed by atoms with E-state index in [-0.39, 0.29) is 17.8 Å². The molecule has 0 aliphatic carbocycles. The third kappa shape index (κ3) is 3.39. The van der Waals surface area contributed by atoms with Gasteiger partial charge in [0.25, 0.3) is 0 Å². The van der Waals surface area contributed by atoms with Gasteiger partial charge in [-0.05, 0) is 42.8 Å². The smallest absolute Gasteiger partial charge is 0.303 e. The zero-order valence-corrected chi connectivity index (χ0v) is 15.5. The highest BCUT2D eigenvalue weighted by Gasteiger charge is 2.46. The molecule has 5 heteroatoms. The van der Waals surface area contributed by atoms with Crippen LogP contribution >= 0.6 is 0 Å². The molecule has 0 unspecified atom stereocenters. The lowest BCUT2D eigenvalue weighted by Crippen LogP contribution is -2.40. The second kappa shape index (κ2) is 6.98. The van der Waals surface area contributed by atoms with Crippen molar-refractivity contribution in [2.45, 2.75) is 39.8 Å². The van der Waals surface area contributed by atoms with Gasteiger partial charge >= 0.3 is 5.97 Å². The lowest BCUT2D eigenvalue weighted by molar-refractivity contribution is -0.154. The summed E-state index contributed by atoms with van der Waals surface area (Å²) in [5.41, 5.74) is 2.25. The lowest BCUT2D eigenvalue weighted by atomic mass is 9.70. The molecule has 1 heterocycles. The SMILES string of the molecule is CCOc1ccc2c(c1)[C@H](OC(C)=O)C(C)(C)[C@H](c1ccc(F)cc1)N2. The van der Waals surface area contributed by atoms with E-state index in [2.05, 4.69) is 5.32 Å². The van der Waals surface area contributed by atoms with Crippen LogP contribution in [0, 0.1) is 11.2 Å². The van der Waals surface area contributed by atoms with Crippen molar-refractivity contribution in [1.82, 2.24) is 0 Å².